The Morgan fingerprint density at radius 3 is 0.759 bits per heavy atom. The van der Waals surface area contributed by atoms with Gasteiger partial charge in [-0.1, -0.05) is 0 Å². The van der Waals surface area contributed by atoms with Crippen LogP contribution in [-0.2, 0) is 0 Å². The number of allylic oxidation sites excluding steroid dienone is 8. The summed E-state index contributed by atoms with van der Waals surface area (Å²) >= 11 is 0. The van der Waals surface area contributed by atoms with Gasteiger partial charge in [-0.3, -0.25) is 0 Å². The van der Waals surface area contributed by atoms with Crippen LogP contribution in [-0.4, -0.2) is 24.6 Å². The van der Waals surface area contributed by atoms with Crippen molar-refractivity contribution < 1.29 is 0 Å². The van der Waals surface area contributed by atoms with Crippen molar-refractivity contribution in [3.05, 3.63) is 48.6 Å². The fourth-order valence-electron chi connectivity index (χ4n) is 3.92. The van der Waals surface area contributed by atoms with Crippen LogP contribution in [0.1, 0.15) is 105 Å². The van der Waals surface area contributed by atoms with Crippen molar-refractivity contribution in [2.45, 2.75) is 105 Å². The molecule has 0 amide bonds. The number of rotatable bonds is 20. The molecule has 0 N–H and O–H groups in total. The summed E-state index contributed by atoms with van der Waals surface area (Å²) in [6.45, 7) is 9.10. The van der Waals surface area contributed by atoms with Crippen molar-refractivity contribution in [3.8, 4) is 0 Å². The minimum absolute atomic E-state index is 1.24. The Labute approximate surface area is 185 Å². The van der Waals surface area contributed by atoms with E-state index in [1.165, 1.54) is 102 Å². The Morgan fingerprint density at radius 1 is 0.345 bits per heavy atom. The molecule has 0 fully saturated rings. The number of hydrogen-bond acceptors (Lipinski definition) is 0. The zero-order valence-corrected chi connectivity index (χ0v) is 21.4. The Hall–Kier alpha value is -0.610. The molecule has 0 aliphatic carbocycles. The van der Waals surface area contributed by atoms with Crippen LogP contribution in [0.5, 0.6) is 0 Å². The normalized spacial score (nSPS) is 13.7. The van der Waals surface area contributed by atoms with Crippen molar-refractivity contribution in [2.75, 3.05) is 24.6 Å². The molecular weight excluding hydrogens is 367 g/mol. The van der Waals surface area contributed by atoms with E-state index in [1.807, 2.05) is 0 Å². The van der Waals surface area contributed by atoms with Gasteiger partial charge in [0.25, 0.3) is 0 Å². The molecule has 1 heteroatoms. The molecule has 0 rings (SSSR count). The van der Waals surface area contributed by atoms with E-state index in [1.54, 1.807) is 0 Å². The molecular formula is C28H53P. The second-order valence-electron chi connectivity index (χ2n) is 8.70. The average molecular weight is 421 g/mol. The van der Waals surface area contributed by atoms with Gasteiger partial charge >= 0.3 is 185 Å². The van der Waals surface area contributed by atoms with Crippen LogP contribution in [0, 0.1) is 0 Å². The van der Waals surface area contributed by atoms with E-state index in [2.05, 4.69) is 76.3 Å². The van der Waals surface area contributed by atoms with Gasteiger partial charge in [0.2, 0.25) is 0 Å². The maximum atomic E-state index is 2.48. The minimum atomic E-state index is -1.24. The van der Waals surface area contributed by atoms with Crippen LogP contribution in [0.15, 0.2) is 48.6 Å². The van der Waals surface area contributed by atoms with Crippen LogP contribution >= 0.6 is 7.26 Å². The Kier molecular flexibility index (Phi) is 21.6. The molecule has 0 aliphatic rings. The number of unbranched alkanes of at least 4 members (excludes halogenated alkanes) is 4. The summed E-state index contributed by atoms with van der Waals surface area (Å²) in [7, 11) is -1.24. The molecule has 29 heavy (non-hydrogen) atoms. The standard InChI is InChI=1S/C28H53P/c1-5-9-13-17-21-25-29(26-22-18-14-10-6-2,27-23-19-15-11-7-3)28-24-20-16-12-8-4/h13-20,29H,5-12,21-28H2,1-4H3/b17-13+,18-14+,19-15+,20-16+. The fraction of sp³-hybridized carbons (Fsp3) is 0.714. The third-order valence-electron chi connectivity index (χ3n) is 5.85. The molecule has 0 aromatic heterocycles. The van der Waals surface area contributed by atoms with Crippen LogP contribution in [0.25, 0.3) is 0 Å². The van der Waals surface area contributed by atoms with E-state index in [0.717, 1.165) is 0 Å². The summed E-state index contributed by atoms with van der Waals surface area (Å²) in [4.78, 5) is 0. The summed E-state index contributed by atoms with van der Waals surface area (Å²) < 4.78 is 0. The summed E-state index contributed by atoms with van der Waals surface area (Å²) in [6.07, 6.45) is 40.8. The van der Waals surface area contributed by atoms with Crippen molar-refractivity contribution in [2.24, 2.45) is 0 Å². The second-order valence-corrected chi connectivity index (χ2v) is 13.7. The molecule has 170 valence electrons. The van der Waals surface area contributed by atoms with E-state index in [9.17, 15) is 0 Å². The fourth-order valence-corrected chi connectivity index (χ4v) is 8.53. The van der Waals surface area contributed by atoms with Gasteiger partial charge in [-0.15, -0.1) is 0 Å². The van der Waals surface area contributed by atoms with E-state index in [0.29, 0.717) is 0 Å². The topological polar surface area (TPSA) is 0 Å². The molecule has 0 aromatic rings. The molecule has 0 nitrogen and oxygen atoms in total. The molecule has 0 unspecified atom stereocenters. The predicted molar refractivity (Wildman–Crippen MR) is 142 cm³/mol. The van der Waals surface area contributed by atoms with Crippen LogP contribution in [0.4, 0.5) is 0 Å². The second kappa shape index (κ2) is 22.1. The van der Waals surface area contributed by atoms with Gasteiger partial charge in [-0.2, -0.15) is 0 Å². The van der Waals surface area contributed by atoms with Gasteiger partial charge < -0.3 is 0 Å². The Bertz CT molecular complexity index is 356. The molecule has 0 aliphatic heterocycles. The first-order valence-corrected chi connectivity index (χ1v) is 15.7. The first-order chi connectivity index (χ1) is 14.2. The predicted octanol–water partition coefficient (Wildman–Crippen LogP) is 9.72. The third-order valence-corrected chi connectivity index (χ3v) is 11.3. The SMILES string of the molecule is CCC/C=C/CC[PH](CC/C=C/CCC)(CC/C=C/CCC)CC/C=C/CCC. The molecule has 0 saturated heterocycles. The first-order valence-electron chi connectivity index (χ1n) is 12.8. The van der Waals surface area contributed by atoms with E-state index < -0.39 is 7.26 Å². The van der Waals surface area contributed by atoms with Crippen molar-refractivity contribution in [3.63, 3.8) is 0 Å². The zero-order chi connectivity index (χ0) is 21.5. The van der Waals surface area contributed by atoms with Crippen LogP contribution in [0.3, 0.4) is 0 Å². The Balaban J connectivity index is 5.04. The average Bonchev–Trinajstić information content (AvgIpc) is 2.73. The van der Waals surface area contributed by atoms with Gasteiger partial charge in [0.1, 0.15) is 0 Å². The van der Waals surface area contributed by atoms with Crippen LogP contribution in [0.2, 0.25) is 0 Å². The Morgan fingerprint density at radius 2 is 0.552 bits per heavy atom. The first kappa shape index (κ1) is 28.4. The molecule has 0 aromatic carbocycles. The van der Waals surface area contributed by atoms with Crippen molar-refractivity contribution in [1.29, 1.82) is 0 Å². The van der Waals surface area contributed by atoms with Gasteiger partial charge in [0.15, 0.2) is 0 Å². The van der Waals surface area contributed by atoms with Crippen molar-refractivity contribution >= 4 is 7.26 Å². The molecule has 0 spiro atoms. The molecule has 0 atom stereocenters. The summed E-state index contributed by atoms with van der Waals surface area (Å²) in [6, 6.07) is 0. The van der Waals surface area contributed by atoms with E-state index in [-0.39, 0.29) is 0 Å². The molecule has 0 saturated carbocycles. The third kappa shape index (κ3) is 17.9. The van der Waals surface area contributed by atoms with Gasteiger partial charge in [0, 0.05) is 0 Å². The van der Waals surface area contributed by atoms with Gasteiger partial charge in [-0.25, -0.2) is 0 Å². The molecule has 0 heterocycles. The van der Waals surface area contributed by atoms with Crippen LogP contribution < -0.4 is 0 Å². The summed E-state index contributed by atoms with van der Waals surface area (Å²) in [5, 5.41) is 0. The number of hydrogen-bond donors (Lipinski definition) is 0. The zero-order valence-electron chi connectivity index (χ0n) is 20.4. The van der Waals surface area contributed by atoms with E-state index in [4.69, 9.17) is 0 Å². The van der Waals surface area contributed by atoms with Crippen molar-refractivity contribution in [1.82, 2.24) is 0 Å². The van der Waals surface area contributed by atoms with Gasteiger partial charge in [-0.05, 0) is 0 Å². The van der Waals surface area contributed by atoms with E-state index >= 15 is 0 Å². The quantitative estimate of drug-likeness (QED) is 0.136. The summed E-state index contributed by atoms with van der Waals surface area (Å²) in [5.74, 6) is 0. The monoisotopic (exact) mass is 420 g/mol. The van der Waals surface area contributed by atoms with Gasteiger partial charge in [0.05, 0.1) is 0 Å². The summed E-state index contributed by atoms with van der Waals surface area (Å²) in [5.41, 5.74) is 0. The molecule has 0 radical (unpaired) electrons. The maximum absolute atomic E-state index is 2.48. The molecule has 0 bridgehead atoms.